The van der Waals surface area contributed by atoms with Crippen molar-refractivity contribution >= 4 is 17.5 Å². The third-order valence-corrected chi connectivity index (χ3v) is 1.58. The van der Waals surface area contributed by atoms with Crippen LogP contribution < -0.4 is 5.73 Å². The van der Waals surface area contributed by atoms with Gasteiger partial charge in [-0.05, 0) is 6.42 Å². The molecule has 0 aliphatic rings. The maximum Gasteiger partial charge on any atom is 0.322 e. The molecule has 0 bridgehead atoms. The Kier molecular flexibility index (Phi) is 4.91. The molecule has 0 saturated carbocycles. The Morgan fingerprint density at radius 3 is 2.31 bits per heavy atom. The molecule has 0 spiro atoms. The van der Waals surface area contributed by atoms with E-state index in [2.05, 4.69) is 4.74 Å². The van der Waals surface area contributed by atoms with Crippen LogP contribution in [0.1, 0.15) is 19.8 Å². The first-order valence-corrected chi connectivity index (χ1v) is 3.86. The zero-order chi connectivity index (χ0) is 10.4. The number of nitrogens with two attached hydrogens (primary N) is 1. The predicted octanol–water partition coefficient (Wildman–Crippen LogP) is -0.575. The van der Waals surface area contributed by atoms with E-state index >= 15 is 0 Å². The van der Waals surface area contributed by atoms with Gasteiger partial charge in [0.2, 0.25) is 0 Å². The minimum atomic E-state index is -0.826. The van der Waals surface area contributed by atoms with Gasteiger partial charge in [0.05, 0.1) is 7.11 Å². The number of carbonyl (C=O) groups excluding carboxylic acids is 3. The second-order valence-corrected chi connectivity index (χ2v) is 2.65. The summed E-state index contributed by atoms with van der Waals surface area (Å²) in [7, 11) is 1.22. The van der Waals surface area contributed by atoms with Crippen LogP contribution in [0.5, 0.6) is 0 Å². The summed E-state index contributed by atoms with van der Waals surface area (Å²) in [5, 5.41) is 0. The van der Waals surface area contributed by atoms with Crippen LogP contribution in [0.15, 0.2) is 0 Å². The van der Waals surface area contributed by atoms with Crippen LogP contribution in [0.3, 0.4) is 0 Å². The lowest BCUT2D eigenvalue weighted by atomic mass is 10.1. The fourth-order valence-corrected chi connectivity index (χ4v) is 0.732. The summed E-state index contributed by atoms with van der Waals surface area (Å²) in [6, 6.07) is -0.826. The molecule has 0 amide bonds. The summed E-state index contributed by atoms with van der Waals surface area (Å²) in [5.74, 6) is -1.60. The molecule has 0 aromatic heterocycles. The second-order valence-electron chi connectivity index (χ2n) is 2.65. The van der Waals surface area contributed by atoms with Crippen LogP contribution >= 0.6 is 0 Å². The molecule has 1 atom stereocenters. The van der Waals surface area contributed by atoms with Crippen molar-refractivity contribution in [1.29, 1.82) is 0 Å². The van der Waals surface area contributed by atoms with E-state index in [-0.39, 0.29) is 12.8 Å². The van der Waals surface area contributed by atoms with Crippen molar-refractivity contribution in [1.82, 2.24) is 0 Å². The van der Waals surface area contributed by atoms with Gasteiger partial charge in [0, 0.05) is 13.3 Å². The van der Waals surface area contributed by atoms with E-state index in [1.807, 2.05) is 0 Å². The molecule has 0 radical (unpaired) electrons. The lowest BCUT2D eigenvalue weighted by Gasteiger charge is -2.06. The van der Waals surface area contributed by atoms with E-state index in [0.717, 1.165) is 0 Å². The highest BCUT2D eigenvalue weighted by Crippen LogP contribution is 1.98. The Bertz CT molecular complexity index is 224. The van der Waals surface area contributed by atoms with Gasteiger partial charge in [-0.1, -0.05) is 0 Å². The van der Waals surface area contributed by atoms with Crippen LogP contribution in [-0.2, 0) is 19.1 Å². The van der Waals surface area contributed by atoms with Crippen LogP contribution in [0, 0.1) is 0 Å². The molecule has 74 valence electrons. The number of hydrogen-bond donors (Lipinski definition) is 1. The van der Waals surface area contributed by atoms with Gasteiger partial charge in [-0.15, -0.1) is 0 Å². The molecule has 2 N–H and O–H groups in total. The number of ether oxygens (including phenoxy) is 1. The molecule has 5 nitrogen and oxygen atoms in total. The van der Waals surface area contributed by atoms with Crippen LogP contribution in [0.4, 0.5) is 0 Å². The minimum Gasteiger partial charge on any atom is -0.468 e. The molecular weight excluding hydrogens is 174 g/mol. The van der Waals surface area contributed by atoms with E-state index in [1.54, 1.807) is 0 Å². The molecule has 0 aliphatic heterocycles. The average molecular weight is 187 g/mol. The fourth-order valence-electron chi connectivity index (χ4n) is 0.732. The topological polar surface area (TPSA) is 86.5 Å². The van der Waals surface area contributed by atoms with Gasteiger partial charge in [-0.3, -0.25) is 14.4 Å². The maximum absolute atomic E-state index is 10.8. The van der Waals surface area contributed by atoms with Crippen LogP contribution in [-0.4, -0.2) is 30.7 Å². The van der Waals surface area contributed by atoms with Gasteiger partial charge in [0.25, 0.3) is 0 Å². The van der Waals surface area contributed by atoms with Gasteiger partial charge < -0.3 is 10.5 Å². The lowest BCUT2D eigenvalue weighted by molar-refractivity contribution is -0.142. The van der Waals surface area contributed by atoms with E-state index in [4.69, 9.17) is 5.73 Å². The molecule has 0 aliphatic carbocycles. The number of carbonyl (C=O) groups is 3. The number of Topliss-reactive ketones (excluding diaryl/α,β-unsaturated/α-hetero) is 2. The van der Waals surface area contributed by atoms with Crippen molar-refractivity contribution < 1.29 is 19.1 Å². The Morgan fingerprint density at radius 1 is 1.38 bits per heavy atom. The van der Waals surface area contributed by atoms with Crippen molar-refractivity contribution in [2.75, 3.05) is 7.11 Å². The van der Waals surface area contributed by atoms with Gasteiger partial charge in [0.15, 0.2) is 11.6 Å². The molecule has 0 heterocycles. The molecule has 5 heteroatoms. The quantitative estimate of drug-likeness (QED) is 0.460. The normalized spacial score (nSPS) is 11.9. The Morgan fingerprint density at radius 2 is 1.92 bits per heavy atom. The smallest absolute Gasteiger partial charge is 0.322 e. The third kappa shape index (κ3) is 4.37. The number of hydrogen-bond acceptors (Lipinski definition) is 5. The third-order valence-electron chi connectivity index (χ3n) is 1.58. The molecule has 0 aromatic rings. The summed E-state index contributed by atoms with van der Waals surface area (Å²) in [5.41, 5.74) is 5.34. The molecule has 0 rings (SSSR count). The van der Waals surface area contributed by atoms with E-state index in [9.17, 15) is 14.4 Å². The Hall–Kier alpha value is -1.23. The van der Waals surface area contributed by atoms with Crippen LogP contribution in [0.2, 0.25) is 0 Å². The highest BCUT2D eigenvalue weighted by Gasteiger charge is 2.16. The summed E-state index contributed by atoms with van der Waals surface area (Å²) >= 11 is 0. The molecule has 0 fully saturated rings. The van der Waals surface area contributed by atoms with Gasteiger partial charge in [-0.25, -0.2) is 0 Å². The largest absolute Gasteiger partial charge is 0.468 e. The van der Waals surface area contributed by atoms with E-state index in [1.165, 1.54) is 14.0 Å². The molecular formula is C8H13NO4. The van der Waals surface area contributed by atoms with Crippen molar-refractivity contribution in [3.05, 3.63) is 0 Å². The standard InChI is InChI=1S/C8H13NO4/c1-5(10)7(11)4-3-6(9)8(12)13-2/h6H,3-4,9H2,1-2H3. The molecule has 0 saturated heterocycles. The summed E-state index contributed by atoms with van der Waals surface area (Å²) < 4.78 is 4.34. The summed E-state index contributed by atoms with van der Waals surface area (Å²) in [6.45, 7) is 1.19. The fraction of sp³-hybridized carbons (Fsp3) is 0.625. The first-order valence-electron chi connectivity index (χ1n) is 3.86. The first kappa shape index (κ1) is 11.8. The highest BCUT2D eigenvalue weighted by atomic mass is 16.5. The number of esters is 1. The lowest BCUT2D eigenvalue weighted by Crippen LogP contribution is -2.32. The van der Waals surface area contributed by atoms with Crippen LogP contribution in [0.25, 0.3) is 0 Å². The Labute approximate surface area is 76.2 Å². The SMILES string of the molecule is COC(=O)C(N)CCC(=O)C(C)=O. The number of ketones is 2. The maximum atomic E-state index is 10.8. The molecule has 0 aromatic carbocycles. The van der Waals surface area contributed by atoms with Crippen molar-refractivity contribution in [2.24, 2.45) is 5.73 Å². The van der Waals surface area contributed by atoms with Crippen molar-refractivity contribution in [3.63, 3.8) is 0 Å². The molecule has 1 unspecified atom stereocenters. The van der Waals surface area contributed by atoms with Gasteiger partial charge in [-0.2, -0.15) is 0 Å². The zero-order valence-electron chi connectivity index (χ0n) is 7.70. The summed E-state index contributed by atoms with van der Waals surface area (Å²) in [4.78, 5) is 32.0. The molecule has 13 heavy (non-hydrogen) atoms. The average Bonchev–Trinajstić information content (AvgIpc) is 2.11. The van der Waals surface area contributed by atoms with Crippen molar-refractivity contribution in [3.8, 4) is 0 Å². The monoisotopic (exact) mass is 187 g/mol. The van der Waals surface area contributed by atoms with E-state index < -0.39 is 23.6 Å². The first-order chi connectivity index (χ1) is 5.99. The number of methoxy groups -OCH3 is 1. The van der Waals surface area contributed by atoms with Gasteiger partial charge in [0.1, 0.15) is 6.04 Å². The highest BCUT2D eigenvalue weighted by molar-refractivity contribution is 6.36. The van der Waals surface area contributed by atoms with Gasteiger partial charge >= 0.3 is 5.97 Å². The second kappa shape index (κ2) is 5.42. The zero-order valence-corrected chi connectivity index (χ0v) is 7.70. The number of rotatable bonds is 5. The predicted molar refractivity (Wildman–Crippen MR) is 44.9 cm³/mol. The van der Waals surface area contributed by atoms with Crippen molar-refractivity contribution in [2.45, 2.75) is 25.8 Å². The Balaban J connectivity index is 3.83. The minimum absolute atomic E-state index is 0.00833. The van der Waals surface area contributed by atoms with E-state index in [0.29, 0.717) is 0 Å². The summed E-state index contributed by atoms with van der Waals surface area (Å²) in [6.07, 6.45) is 0.136.